The number of rotatable bonds is 6. The van der Waals surface area contributed by atoms with Crippen LogP contribution in [0.2, 0.25) is 0 Å². The number of nitrogens with one attached hydrogen (secondary N) is 2. The van der Waals surface area contributed by atoms with Crippen molar-refractivity contribution >= 4 is 33.4 Å². The molecule has 2 N–H and O–H groups in total. The second-order valence-corrected chi connectivity index (χ2v) is 6.99. The van der Waals surface area contributed by atoms with Crippen molar-refractivity contribution in [2.24, 2.45) is 7.05 Å². The molecule has 2 aromatic heterocycles. The molecule has 20 heavy (non-hydrogen) atoms. The Hall–Kier alpha value is -1.19. The number of fused-ring (bicyclic) bond motifs is 1. The second kappa shape index (κ2) is 5.66. The van der Waals surface area contributed by atoms with Crippen LogP contribution in [0.25, 0.3) is 11.2 Å². The van der Waals surface area contributed by atoms with Crippen molar-refractivity contribution in [3.8, 4) is 0 Å². The first-order valence-corrected chi connectivity index (χ1v) is 8.72. The van der Waals surface area contributed by atoms with Crippen molar-refractivity contribution in [2.75, 3.05) is 12.8 Å². The third-order valence-electron chi connectivity index (χ3n) is 3.01. The molecule has 0 amide bonds. The van der Waals surface area contributed by atoms with Crippen LogP contribution in [-0.2, 0) is 30.0 Å². The molecule has 2 heterocycles. The third kappa shape index (κ3) is 3.10. The lowest BCUT2D eigenvalue weighted by molar-refractivity contribution is 0.577. The van der Waals surface area contributed by atoms with Crippen molar-refractivity contribution in [3.05, 3.63) is 10.5 Å². The number of H-pyrrole nitrogens is 1. The quantitative estimate of drug-likeness (QED) is 0.776. The number of nitrogens with zero attached hydrogens (tertiary/aromatic N) is 3. The molecule has 112 valence electrons. The van der Waals surface area contributed by atoms with E-state index in [0.717, 1.165) is 36.0 Å². The summed E-state index contributed by atoms with van der Waals surface area (Å²) in [7, 11) is -1.32. The Morgan fingerprint density at radius 2 is 2.15 bits per heavy atom. The van der Waals surface area contributed by atoms with E-state index in [4.69, 9.17) is 12.2 Å². The van der Waals surface area contributed by atoms with E-state index in [-0.39, 0.29) is 0 Å². The highest BCUT2D eigenvalue weighted by Gasteiger charge is 2.14. The fourth-order valence-corrected chi connectivity index (χ4v) is 2.98. The minimum Gasteiger partial charge on any atom is -0.328 e. The molecule has 0 aliphatic carbocycles. The molecule has 0 aliphatic heterocycles. The van der Waals surface area contributed by atoms with E-state index < -0.39 is 10.0 Å². The zero-order valence-corrected chi connectivity index (χ0v) is 13.4. The van der Waals surface area contributed by atoms with Gasteiger partial charge in [-0.3, -0.25) is 4.68 Å². The molecule has 0 bridgehead atoms. The van der Waals surface area contributed by atoms with Gasteiger partial charge in [0.05, 0.1) is 11.9 Å². The molecule has 0 fully saturated rings. The van der Waals surface area contributed by atoms with Crippen LogP contribution in [0.3, 0.4) is 0 Å². The van der Waals surface area contributed by atoms with E-state index in [0.29, 0.717) is 17.9 Å². The smallest absolute Gasteiger partial charge is 0.208 e. The molecule has 0 atom stereocenters. The molecule has 0 unspecified atom stereocenters. The van der Waals surface area contributed by atoms with Gasteiger partial charge in [0, 0.05) is 20.1 Å². The zero-order chi connectivity index (χ0) is 14.9. The van der Waals surface area contributed by atoms with Gasteiger partial charge in [0.15, 0.2) is 10.4 Å². The summed E-state index contributed by atoms with van der Waals surface area (Å²) < 4.78 is 28.9. The van der Waals surface area contributed by atoms with Gasteiger partial charge >= 0.3 is 0 Å². The Morgan fingerprint density at radius 1 is 1.45 bits per heavy atom. The van der Waals surface area contributed by atoms with Crippen molar-refractivity contribution in [3.63, 3.8) is 0 Å². The molecule has 0 aromatic carbocycles. The lowest BCUT2D eigenvalue weighted by atomic mass is 10.2. The molecule has 2 aromatic rings. The van der Waals surface area contributed by atoms with Crippen molar-refractivity contribution in [2.45, 2.75) is 26.3 Å². The lowest BCUT2D eigenvalue weighted by Crippen LogP contribution is -2.26. The molecule has 9 heteroatoms. The van der Waals surface area contributed by atoms with Crippen LogP contribution in [0.5, 0.6) is 0 Å². The van der Waals surface area contributed by atoms with Gasteiger partial charge in [0.1, 0.15) is 5.52 Å². The van der Waals surface area contributed by atoms with E-state index in [1.807, 2.05) is 11.6 Å². The minimum atomic E-state index is -3.19. The predicted octanol–water partition coefficient (Wildman–Crippen LogP) is 0.934. The number of hydrogen-bond donors (Lipinski definition) is 2. The second-order valence-electron chi connectivity index (χ2n) is 4.77. The lowest BCUT2D eigenvalue weighted by Gasteiger charge is -2.05. The van der Waals surface area contributed by atoms with Crippen molar-refractivity contribution in [1.29, 1.82) is 0 Å². The highest BCUT2D eigenvalue weighted by atomic mass is 32.2. The first kappa shape index (κ1) is 15.2. The van der Waals surface area contributed by atoms with Gasteiger partial charge in [-0.25, -0.2) is 13.1 Å². The monoisotopic (exact) mass is 317 g/mol. The fraction of sp³-hybridized carbons (Fsp3) is 0.636. The standard InChI is InChI=1S/C11H19N5O2S2/c1-4-5-8-9-10(15(2)14-8)16(11(19)13-9)7-6-12-20(3,17)18/h12H,4-7H2,1-3H3,(H,13,19). The Morgan fingerprint density at radius 3 is 2.75 bits per heavy atom. The van der Waals surface area contributed by atoms with Crippen LogP contribution in [-0.4, -0.2) is 40.5 Å². The topological polar surface area (TPSA) is 84.7 Å². The van der Waals surface area contributed by atoms with E-state index in [2.05, 4.69) is 21.7 Å². The summed E-state index contributed by atoms with van der Waals surface area (Å²) in [6, 6.07) is 0. The summed E-state index contributed by atoms with van der Waals surface area (Å²) in [5, 5.41) is 4.48. The number of aromatic amines is 1. The maximum absolute atomic E-state index is 11.1. The molecule has 0 aliphatic rings. The Labute approximate surface area is 123 Å². The van der Waals surface area contributed by atoms with Crippen LogP contribution in [0.15, 0.2) is 0 Å². The summed E-state index contributed by atoms with van der Waals surface area (Å²) in [4.78, 5) is 3.17. The van der Waals surface area contributed by atoms with Gasteiger partial charge < -0.3 is 9.55 Å². The molecule has 2 rings (SSSR count). The van der Waals surface area contributed by atoms with E-state index in [9.17, 15) is 8.42 Å². The predicted molar refractivity (Wildman–Crippen MR) is 80.7 cm³/mol. The largest absolute Gasteiger partial charge is 0.328 e. The van der Waals surface area contributed by atoms with Gasteiger partial charge in [-0.2, -0.15) is 5.10 Å². The van der Waals surface area contributed by atoms with Crippen LogP contribution < -0.4 is 4.72 Å². The van der Waals surface area contributed by atoms with Crippen LogP contribution in [0, 0.1) is 4.77 Å². The molecular formula is C11H19N5O2S2. The Bertz CT molecular complexity index is 769. The van der Waals surface area contributed by atoms with Crippen LogP contribution in [0.4, 0.5) is 0 Å². The van der Waals surface area contributed by atoms with E-state index >= 15 is 0 Å². The number of aryl methyl sites for hydroxylation is 2. The molecule has 0 radical (unpaired) electrons. The number of hydrogen-bond acceptors (Lipinski definition) is 4. The zero-order valence-electron chi connectivity index (χ0n) is 11.8. The number of aromatic nitrogens is 4. The minimum absolute atomic E-state index is 0.300. The van der Waals surface area contributed by atoms with Crippen molar-refractivity contribution < 1.29 is 8.42 Å². The number of imidazole rings is 1. The summed E-state index contributed by atoms with van der Waals surface area (Å²) in [6.45, 7) is 2.87. The fourth-order valence-electron chi connectivity index (χ4n) is 2.24. The third-order valence-corrected chi connectivity index (χ3v) is 4.06. The molecule has 7 nitrogen and oxygen atoms in total. The van der Waals surface area contributed by atoms with E-state index in [1.54, 1.807) is 4.68 Å². The van der Waals surface area contributed by atoms with Crippen LogP contribution >= 0.6 is 12.2 Å². The molecule has 0 saturated heterocycles. The highest BCUT2D eigenvalue weighted by molar-refractivity contribution is 7.88. The molecular weight excluding hydrogens is 298 g/mol. The average Bonchev–Trinajstić information content (AvgIpc) is 2.78. The highest BCUT2D eigenvalue weighted by Crippen LogP contribution is 2.18. The summed E-state index contributed by atoms with van der Waals surface area (Å²) >= 11 is 5.31. The van der Waals surface area contributed by atoms with Gasteiger partial charge in [0.25, 0.3) is 0 Å². The Balaban J connectivity index is 2.34. The SMILES string of the molecule is CCCc1nn(C)c2c1[nH]c(=S)n2CCNS(C)(=O)=O. The van der Waals surface area contributed by atoms with Crippen LogP contribution in [0.1, 0.15) is 19.0 Å². The molecule has 0 spiro atoms. The first-order chi connectivity index (χ1) is 9.33. The van der Waals surface area contributed by atoms with Gasteiger partial charge in [-0.15, -0.1) is 0 Å². The number of sulfonamides is 1. The van der Waals surface area contributed by atoms with Crippen molar-refractivity contribution in [1.82, 2.24) is 24.1 Å². The Kier molecular flexibility index (Phi) is 4.31. The molecule has 0 saturated carbocycles. The summed E-state index contributed by atoms with van der Waals surface area (Å²) in [5.41, 5.74) is 2.83. The van der Waals surface area contributed by atoms with Gasteiger partial charge in [0.2, 0.25) is 10.0 Å². The van der Waals surface area contributed by atoms with E-state index in [1.165, 1.54) is 0 Å². The summed E-state index contributed by atoms with van der Waals surface area (Å²) in [5.74, 6) is 0. The summed E-state index contributed by atoms with van der Waals surface area (Å²) in [6.07, 6.45) is 3.03. The average molecular weight is 317 g/mol. The normalized spacial score (nSPS) is 12.3. The maximum Gasteiger partial charge on any atom is 0.208 e. The van der Waals surface area contributed by atoms with Gasteiger partial charge in [-0.05, 0) is 18.6 Å². The first-order valence-electron chi connectivity index (χ1n) is 6.42. The maximum atomic E-state index is 11.1. The van der Waals surface area contributed by atoms with Gasteiger partial charge in [-0.1, -0.05) is 13.3 Å².